The summed E-state index contributed by atoms with van der Waals surface area (Å²) in [6.07, 6.45) is 6.98. The summed E-state index contributed by atoms with van der Waals surface area (Å²) in [4.78, 5) is 0. The molecular weight excluding hydrogens is 198 g/mol. The fourth-order valence-corrected chi connectivity index (χ4v) is 2.03. The van der Waals surface area contributed by atoms with Gasteiger partial charge < -0.3 is 5.32 Å². The van der Waals surface area contributed by atoms with Crippen molar-refractivity contribution in [2.24, 2.45) is 11.8 Å². The summed E-state index contributed by atoms with van der Waals surface area (Å²) in [5, 5.41) is 7.86. The second-order valence-corrected chi connectivity index (χ2v) is 5.37. The highest BCUT2D eigenvalue weighted by Crippen LogP contribution is 2.36. The Bertz CT molecular complexity index is 326. The number of aromatic nitrogens is 2. The molecule has 1 saturated carbocycles. The van der Waals surface area contributed by atoms with E-state index in [-0.39, 0.29) is 0 Å². The maximum absolute atomic E-state index is 4.34. The lowest BCUT2D eigenvalue weighted by Crippen LogP contribution is -2.21. The first-order valence-electron chi connectivity index (χ1n) is 6.40. The van der Waals surface area contributed by atoms with Crippen molar-refractivity contribution in [1.29, 1.82) is 0 Å². The van der Waals surface area contributed by atoms with Gasteiger partial charge in [0.15, 0.2) is 0 Å². The molecule has 1 N–H and O–H groups in total. The largest absolute Gasteiger partial charge is 0.312 e. The van der Waals surface area contributed by atoms with E-state index in [4.69, 9.17) is 0 Å². The van der Waals surface area contributed by atoms with E-state index in [2.05, 4.69) is 37.4 Å². The minimum atomic E-state index is 0.458. The third-order valence-corrected chi connectivity index (χ3v) is 3.41. The molecular formula is C13H23N3. The van der Waals surface area contributed by atoms with Crippen molar-refractivity contribution in [2.45, 2.75) is 46.2 Å². The SMILES string of the molecule is CC(CNCc1cnn(C(C)C)c1)C1CC1. The van der Waals surface area contributed by atoms with Gasteiger partial charge in [0.05, 0.1) is 6.20 Å². The molecule has 3 heteroatoms. The third kappa shape index (κ3) is 3.08. The first-order valence-corrected chi connectivity index (χ1v) is 6.40. The normalized spacial score (nSPS) is 18.0. The molecule has 0 saturated heterocycles. The third-order valence-electron chi connectivity index (χ3n) is 3.41. The summed E-state index contributed by atoms with van der Waals surface area (Å²) in [6.45, 7) is 8.74. The van der Waals surface area contributed by atoms with Gasteiger partial charge in [-0.05, 0) is 45.1 Å². The van der Waals surface area contributed by atoms with Crippen LogP contribution in [0.3, 0.4) is 0 Å². The molecule has 1 aromatic rings. The second-order valence-electron chi connectivity index (χ2n) is 5.37. The van der Waals surface area contributed by atoms with Gasteiger partial charge in [0, 0.05) is 24.3 Å². The van der Waals surface area contributed by atoms with E-state index in [0.29, 0.717) is 6.04 Å². The lowest BCUT2D eigenvalue weighted by molar-refractivity contribution is 0.461. The van der Waals surface area contributed by atoms with Crippen molar-refractivity contribution >= 4 is 0 Å². The first-order chi connectivity index (χ1) is 7.66. The van der Waals surface area contributed by atoms with E-state index in [1.807, 2.05) is 10.9 Å². The molecule has 1 atom stereocenters. The summed E-state index contributed by atoms with van der Waals surface area (Å²) in [5.41, 5.74) is 1.29. The zero-order valence-electron chi connectivity index (χ0n) is 10.6. The van der Waals surface area contributed by atoms with Crippen molar-refractivity contribution in [3.8, 4) is 0 Å². The molecule has 1 aliphatic carbocycles. The minimum absolute atomic E-state index is 0.458. The van der Waals surface area contributed by atoms with Crippen LogP contribution in [0.1, 0.15) is 45.2 Å². The van der Waals surface area contributed by atoms with Crippen molar-refractivity contribution < 1.29 is 0 Å². The molecule has 1 fully saturated rings. The molecule has 1 aliphatic rings. The van der Waals surface area contributed by atoms with Crippen LogP contribution in [0.4, 0.5) is 0 Å². The molecule has 0 spiro atoms. The lowest BCUT2D eigenvalue weighted by atomic mass is 10.1. The van der Waals surface area contributed by atoms with Crippen LogP contribution in [0.25, 0.3) is 0 Å². The van der Waals surface area contributed by atoms with Crippen molar-refractivity contribution in [3.05, 3.63) is 18.0 Å². The predicted molar refractivity (Wildman–Crippen MR) is 66.2 cm³/mol. The Morgan fingerprint density at radius 2 is 2.19 bits per heavy atom. The topological polar surface area (TPSA) is 29.9 Å². The summed E-state index contributed by atoms with van der Waals surface area (Å²) < 4.78 is 2.02. The molecule has 1 unspecified atom stereocenters. The number of rotatable bonds is 6. The molecule has 90 valence electrons. The number of nitrogens with zero attached hydrogens (tertiary/aromatic N) is 2. The van der Waals surface area contributed by atoms with Gasteiger partial charge in [-0.3, -0.25) is 4.68 Å². The molecule has 0 aromatic carbocycles. The first kappa shape index (κ1) is 11.6. The van der Waals surface area contributed by atoms with Gasteiger partial charge in [-0.15, -0.1) is 0 Å². The lowest BCUT2D eigenvalue weighted by Gasteiger charge is -2.10. The summed E-state index contributed by atoms with van der Waals surface area (Å²) in [6, 6.07) is 0.458. The number of hydrogen-bond acceptors (Lipinski definition) is 2. The monoisotopic (exact) mass is 221 g/mol. The maximum atomic E-state index is 4.34. The van der Waals surface area contributed by atoms with E-state index in [1.165, 1.54) is 18.4 Å². The smallest absolute Gasteiger partial charge is 0.0534 e. The second kappa shape index (κ2) is 5.00. The molecule has 0 amide bonds. The highest BCUT2D eigenvalue weighted by atomic mass is 15.3. The van der Waals surface area contributed by atoms with Crippen LogP contribution in [0.2, 0.25) is 0 Å². The summed E-state index contributed by atoms with van der Waals surface area (Å²) in [7, 11) is 0. The average Bonchev–Trinajstić information content (AvgIpc) is 2.98. The van der Waals surface area contributed by atoms with Crippen LogP contribution in [0.5, 0.6) is 0 Å². The minimum Gasteiger partial charge on any atom is -0.312 e. The van der Waals surface area contributed by atoms with Gasteiger partial charge in [-0.1, -0.05) is 6.92 Å². The Morgan fingerprint density at radius 1 is 1.44 bits per heavy atom. The van der Waals surface area contributed by atoms with Gasteiger partial charge in [0.2, 0.25) is 0 Å². The predicted octanol–water partition coefficient (Wildman–Crippen LogP) is 2.60. The Hall–Kier alpha value is -0.830. The molecule has 0 bridgehead atoms. The fourth-order valence-electron chi connectivity index (χ4n) is 2.03. The van der Waals surface area contributed by atoms with E-state index < -0.39 is 0 Å². The van der Waals surface area contributed by atoms with Crippen molar-refractivity contribution in [1.82, 2.24) is 15.1 Å². The van der Waals surface area contributed by atoms with Gasteiger partial charge in [0.1, 0.15) is 0 Å². The molecule has 3 nitrogen and oxygen atoms in total. The summed E-state index contributed by atoms with van der Waals surface area (Å²) >= 11 is 0. The molecule has 16 heavy (non-hydrogen) atoms. The van der Waals surface area contributed by atoms with E-state index >= 15 is 0 Å². The van der Waals surface area contributed by atoms with E-state index in [1.54, 1.807) is 0 Å². The Kier molecular flexibility index (Phi) is 3.64. The summed E-state index contributed by atoms with van der Waals surface area (Å²) in [5.74, 6) is 1.83. The van der Waals surface area contributed by atoms with E-state index in [9.17, 15) is 0 Å². The highest BCUT2D eigenvalue weighted by molar-refractivity contribution is 5.03. The number of hydrogen-bond donors (Lipinski definition) is 1. The molecule has 0 aliphatic heterocycles. The Morgan fingerprint density at radius 3 is 2.75 bits per heavy atom. The Balaban J connectivity index is 1.71. The average molecular weight is 221 g/mol. The highest BCUT2D eigenvalue weighted by Gasteiger charge is 2.27. The standard InChI is InChI=1S/C13H23N3/c1-10(2)16-9-12(8-15-16)7-14-6-11(3)13-4-5-13/h8-11,13-14H,4-7H2,1-3H3. The van der Waals surface area contributed by atoms with Gasteiger partial charge >= 0.3 is 0 Å². The molecule has 1 heterocycles. The quantitative estimate of drug-likeness (QED) is 0.800. The molecule has 0 radical (unpaired) electrons. The maximum Gasteiger partial charge on any atom is 0.0534 e. The van der Waals surface area contributed by atoms with E-state index in [0.717, 1.165) is 24.9 Å². The zero-order chi connectivity index (χ0) is 11.5. The van der Waals surface area contributed by atoms with Crippen LogP contribution in [0.15, 0.2) is 12.4 Å². The van der Waals surface area contributed by atoms with Gasteiger partial charge in [-0.2, -0.15) is 5.10 Å². The van der Waals surface area contributed by atoms with Crippen molar-refractivity contribution in [3.63, 3.8) is 0 Å². The Labute approximate surface area is 98.2 Å². The van der Waals surface area contributed by atoms with Crippen molar-refractivity contribution in [2.75, 3.05) is 6.54 Å². The molecule has 2 rings (SSSR count). The van der Waals surface area contributed by atoms with Crippen LogP contribution in [0, 0.1) is 11.8 Å². The van der Waals surface area contributed by atoms with Gasteiger partial charge in [0.25, 0.3) is 0 Å². The van der Waals surface area contributed by atoms with Crippen LogP contribution in [-0.2, 0) is 6.54 Å². The van der Waals surface area contributed by atoms with Crippen LogP contribution in [-0.4, -0.2) is 16.3 Å². The van der Waals surface area contributed by atoms with Gasteiger partial charge in [-0.25, -0.2) is 0 Å². The van der Waals surface area contributed by atoms with Crippen LogP contribution >= 0.6 is 0 Å². The number of nitrogens with one attached hydrogen (secondary N) is 1. The fraction of sp³-hybridized carbons (Fsp3) is 0.769. The zero-order valence-corrected chi connectivity index (χ0v) is 10.6. The van der Waals surface area contributed by atoms with Crippen LogP contribution < -0.4 is 5.32 Å². The molecule has 1 aromatic heterocycles.